The van der Waals surface area contributed by atoms with E-state index in [4.69, 9.17) is 9.47 Å². The highest BCUT2D eigenvalue weighted by Gasteiger charge is 2.26. The van der Waals surface area contributed by atoms with E-state index in [-0.39, 0.29) is 0 Å². The molecule has 2 heteroatoms. The van der Waals surface area contributed by atoms with E-state index in [1.54, 1.807) is 7.11 Å². The van der Waals surface area contributed by atoms with E-state index in [9.17, 15) is 0 Å². The second-order valence-electron chi connectivity index (χ2n) is 4.22. The predicted octanol–water partition coefficient (Wildman–Crippen LogP) is 2.62. The van der Waals surface area contributed by atoms with Crippen molar-refractivity contribution >= 4 is 0 Å². The van der Waals surface area contributed by atoms with Gasteiger partial charge in [0.2, 0.25) is 0 Å². The fourth-order valence-corrected chi connectivity index (χ4v) is 2.11. The largest absolute Gasteiger partial charge is 0.384 e. The normalized spacial score (nSPS) is 29.5. The van der Waals surface area contributed by atoms with Crippen LogP contribution in [0.15, 0.2) is 0 Å². The van der Waals surface area contributed by atoms with Gasteiger partial charge in [0, 0.05) is 13.0 Å². The fraction of sp³-hybridized carbons (Fsp3) is 1.00. The van der Waals surface area contributed by atoms with Gasteiger partial charge in [-0.05, 0) is 26.7 Å². The van der Waals surface area contributed by atoms with E-state index in [0.717, 1.165) is 6.61 Å². The molecule has 1 aliphatic rings. The van der Waals surface area contributed by atoms with Crippen LogP contribution in [-0.4, -0.2) is 25.9 Å². The molecule has 1 fully saturated rings. The predicted molar refractivity (Wildman–Crippen MR) is 53.8 cm³/mol. The lowest BCUT2D eigenvalue weighted by Gasteiger charge is -2.32. The first-order valence-corrected chi connectivity index (χ1v) is 5.38. The van der Waals surface area contributed by atoms with Crippen LogP contribution in [0.25, 0.3) is 0 Å². The molecule has 1 rings (SSSR count). The van der Waals surface area contributed by atoms with E-state index in [2.05, 4.69) is 13.8 Å². The molecule has 1 saturated carbocycles. The minimum absolute atomic E-state index is 0.349. The Morgan fingerprint density at radius 2 is 1.92 bits per heavy atom. The average molecular weight is 186 g/mol. The molecular formula is C11H22O2. The molecular weight excluding hydrogens is 164 g/mol. The molecule has 0 heterocycles. The van der Waals surface area contributed by atoms with Gasteiger partial charge in [0.25, 0.3) is 0 Å². The van der Waals surface area contributed by atoms with Crippen LogP contribution in [0.2, 0.25) is 0 Å². The SMILES string of the molecule is COCC1CCCCC1OC(C)C. The van der Waals surface area contributed by atoms with Crippen molar-refractivity contribution in [1.29, 1.82) is 0 Å². The Hall–Kier alpha value is -0.0800. The van der Waals surface area contributed by atoms with E-state index >= 15 is 0 Å². The quantitative estimate of drug-likeness (QED) is 0.672. The number of methoxy groups -OCH3 is 1. The maximum absolute atomic E-state index is 5.88. The van der Waals surface area contributed by atoms with Gasteiger partial charge in [0.05, 0.1) is 18.8 Å². The molecule has 78 valence electrons. The first kappa shape index (κ1) is 11.0. The zero-order chi connectivity index (χ0) is 9.68. The van der Waals surface area contributed by atoms with Gasteiger partial charge in [-0.3, -0.25) is 0 Å². The zero-order valence-electron chi connectivity index (χ0n) is 9.08. The molecule has 0 aliphatic heterocycles. The molecule has 13 heavy (non-hydrogen) atoms. The van der Waals surface area contributed by atoms with Crippen LogP contribution >= 0.6 is 0 Å². The molecule has 0 aromatic rings. The van der Waals surface area contributed by atoms with Crippen molar-refractivity contribution in [3.8, 4) is 0 Å². The zero-order valence-corrected chi connectivity index (χ0v) is 9.08. The molecule has 0 N–H and O–H groups in total. The number of hydrogen-bond donors (Lipinski definition) is 0. The molecule has 0 saturated heterocycles. The maximum atomic E-state index is 5.88. The number of hydrogen-bond acceptors (Lipinski definition) is 2. The lowest BCUT2D eigenvalue weighted by Crippen LogP contribution is -2.32. The van der Waals surface area contributed by atoms with Crippen LogP contribution in [0.1, 0.15) is 39.5 Å². The van der Waals surface area contributed by atoms with Crippen LogP contribution in [0.5, 0.6) is 0 Å². The highest BCUT2D eigenvalue weighted by molar-refractivity contribution is 4.76. The molecule has 2 nitrogen and oxygen atoms in total. The second kappa shape index (κ2) is 5.61. The third-order valence-electron chi connectivity index (χ3n) is 2.67. The van der Waals surface area contributed by atoms with Crippen LogP contribution in [-0.2, 0) is 9.47 Å². The smallest absolute Gasteiger partial charge is 0.0628 e. The van der Waals surface area contributed by atoms with Crippen molar-refractivity contribution in [2.24, 2.45) is 5.92 Å². The van der Waals surface area contributed by atoms with Crippen molar-refractivity contribution in [2.45, 2.75) is 51.7 Å². The molecule has 1 aliphatic carbocycles. The van der Waals surface area contributed by atoms with Gasteiger partial charge in [0.1, 0.15) is 0 Å². The highest BCUT2D eigenvalue weighted by Crippen LogP contribution is 2.27. The highest BCUT2D eigenvalue weighted by atomic mass is 16.5. The third-order valence-corrected chi connectivity index (χ3v) is 2.67. The van der Waals surface area contributed by atoms with Crippen molar-refractivity contribution in [3.05, 3.63) is 0 Å². The van der Waals surface area contributed by atoms with E-state index < -0.39 is 0 Å². The Morgan fingerprint density at radius 3 is 2.54 bits per heavy atom. The fourth-order valence-electron chi connectivity index (χ4n) is 2.11. The molecule has 0 bridgehead atoms. The van der Waals surface area contributed by atoms with Crippen LogP contribution in [0, 0.1) is 5.92 Å². The Labute approximate surface area is 81.6 Å². The van der Waals surface area contributed by atoms with Gasteiger partial charge in [0.15, 0.2) is 0 Å². The summed E-state index contributed by atoms with van der Waals surface area (Å²) < 4.78 is 11.1. The van der Waals surface area contributed by atoms with Gasteiger partial charge in [-0.1, -0.05) is 12.8 Å². The Bertz CT molecular complexity index is 132. The third kappa shape index (κ3) is 3.65. The monoisotopic (exact) mass is 186 g/mol. The van der Waals surface area contributed by atoms with Crippen LogP contribution in [0.3, 0.4) is 0 Å². The molecule has 0 aromatic heterocycles. The molecule has 0 amide bonds. The van der Waals surface area contributed by atoms with Crippen molar-refractivity contribution < 1.29 is 9.47 Å². The summed E-state index contributed by atoms with van der Waals surface area (Å²) in [5, 5.41) is 0. The topological polar surface area (TPSA) is 18.5 Å². The van der Waals surface area contributed by atoms with Crippen LogP contribution in [0.4, 0.5) is 0 Å². The summed E-state index contributed by atoms with van der Waals surface area (Å²) in [4.78, 5) is 0. The Morgan fingerprint density at radius 1 is 1.23 bits per heavy atom. The van der Waals surface area contributed by atoms with Crippen LogP contribution < -0.4 is 0 Å². The summed E-state index contributed by atoms with van der Waals surface area (Å²) in [5.74, 6) is 0.626. The molecule has 0 radical (unpaired) electrons. The average Bonchev–Trinajstić information content (AvgIpc) is 2.08. The minimum atomic E-state index is 0.349. The maximum Gasteiger partial charge on any atom is 0.0628 e. The summed E-state index contributed by atoms with van der Waals surface area (Å²) in [6.07, 6.45) is 5.93. The number of rotatable bonds is 4. The van der Waals surface area contributed by atoms with Gasteiger partial charge in [-0.2, -0.15) is 0 Å². The van der Waals surface area contributed by atoms with Gasteiger partial charge in [-0.15, -0.1) is 0 Å². The van der Waals surface area contributed by atoms with Crippen molar-refractivity contribution in [2.75, 3.05) is 13.7 Å². The lowest BCUT2D eigenvalue weighted by molar-refractivity contribution is -0.0629. The summed E-state index contributed by atoms with van der Waals surface area (Å²) in [5.41, 5.74) is 0. The van der Waals surface area contributed by atoms with Crippen molar-refractivity contribution in [1.82, 2.24) is 0 Å². The van der Waals surface area contributed by atoms with E-state index in [1.165, 1.54) is 25.7 Å². The Balaban J connectivity index is 2.36. The lowest BCUT2D eigenvalue weighted by atomic mass is 9.87. The van der Waals surface area contributed by atoms with E-state index in [0.29, 0.717) is 18.1 Å². The number of ether oxygens (including phenoxy) is 2. The molecule has 2 unspecified atom stereocenters. The summed E-state index contributed by atoms with van der Waals surface area (Å²) in [6, 6.07) is 0. The van der Waals surface area contributed by atoms with Crippen molar-refractivity contribution in [3.63, 3.8) is 0 Å². The van der Waals surface area contributed by atoms with Gasteiger partial charge >= 0.3 is 0 Å². The van der Waals surface area contributed by atoms with Gasteiger partial charge < -0.3 is 9.47 Å². The standard InChI is InChI=1S/C11H22O2/c1-9(2)13-11-7-5-4-6-10(11)8-12-3/h9-11H,4-8H2,1-3H3. The van der Waals surface area contributed by atoms with Gasteiger partial charge in [-0.25, -0.2) is 0 Å². The molecule has 2 atom stereocenters. The summed E-state index contributed by atoms with van der Waals surface area (Å²) >= 11 is 0. The Kier molecular flexibility index (Phi) is 4.74. The summed E-state index contributed by atoms with van der Waals surface area (Å²) in [6.45, 7) is 5.08. The second-order valence-corrected chi connectivity index (χ2v) is 4.22. The first-order valence-electron chi connectivity index (χ1n) is 5.38. The molecule has 0 aromatic carbocycles. The van der Waals surface area contributed by atoms with E-state index in [1.807, 2.05) is 0 Å². The molecule has 0 spiro atoms. The first-order chi connectivity index (χ1) is 6.24. The summed E-state index contributed by atoms with van der Waals surface area (Å²) in [7, 11) is 1.78. The minimum Gasteiger partial charge on any atom is -0.384 e.